The van der Waals surface area contributed by atoms with E-state index in [-0.39, 0.29) is 11.8 Å². The average molecular weight is 360 g/mol. The van der Waals surface area contributed by atoms with Crippen molar-refractivity contribution in [1.82, 2.24) is 20.1 Å². The van der Waals surface area contributed by atoms with Crippen LogP contribution in [0.25, 0.3) is 0 Å². The van der Waals surface area contributed by atoms with Crippen LogP contribution in [0, 0.1) is 5.92 Å². The largest absolute Gasteiger partial charge is 0.379 e. The standard InChI is InChI=1S/C19H28N4O3/c1-15-5-8-23(9-6-15)19(25)17-4-2-3-16(21-17)18(24)20-7-10-22-11-13-26-14-12-22/h2-4,15H,5-14H2,1H3,(H,20,24). The van der Waals surface area contributed by atoms with E-state index in [1.54, 1.807) is 18.2 Å². The second-order valence-corrected chi connectivity index (χ2v) is 7.09. The molecule has 7 nitrogen and oxygen atoms in total. The second-order valence-electron chi connectivity index (χ2n) is 7.09. The zero-order chi connectivity index (χ0) is 18.4. The van der Waals surface area contributed by atoms with Crippen LogP contribution >= 0.6 is 0 Å². The first-order valence-electron chi connectivity index (χ1n) is 9.48. The molecule has 0 saturated carbocycles. The first-order chi connectivity index (χ1) is 12.6. The summed E-state index contributed by atoms with van der Waals surface area (Å²) in [4.78, 5) is 33.3. The maximum absolute atomic E-state index is 12.6. The Kier molecular flexibility index (Phi) is 6.57. The third kappa shape index (κ3) is 5.02. The molecule has 1 aromatic heterocycles. The van der Waals surface area contributed by atoms with Crippen molar-refractivity contribution in [3.63, 3.8) is 0 Å². The van der Waals surface area contributed by atoms with Gasteiger partial charge in [0.05, 0.1) is 13.2 Å². The van der Waals surface area contributed by atoms with Gasteiger partial charge in [0.1, 0.15) is 11.4 Å². The minimum Gasteiger partial charge on any atom is -0.379 e. The summed E-state index contributed by atoms with van der Waals surface area (Å²) >= 11 is 0. The van der Waals surface area contributed by atoms with Gasteiger partial charge < -0.3 is 15.0 Å². The quantitative estimate of drug-likeness (QED) is 0.848. The lowest BCUT2D eigenvalue weighted by molar-refractivity contribution is 0.0383. The molecular formula is C19H28N4O3. The molecule has 26 heavy (non-hydrogen) atoms. The fourth-order valence-electron chi connectivity index (χ4n) is 3.30. The van der Waals surface area contributed by atoms with Gasteiger partial charge in [-0.05, 0) is 30.9 Å². The van der Waals surface area contributed by atoms with Crippen molar-refractivity contribution in [3.05, 3.63) is 29.6 Å². The smallest absolute Gasteiger partial charge is 0.272 e. The monoisotopic (exact) mass is 360 g/mol. The molecule has 0 aliphatic carbocycles. The second kappa shape index (κ2) is 9.09. The number of hydrogen-bond donors (Lipinski definition) is 1. The molecule has 142 valence electrons. The Morgan fingerprint density at radius 3 is 2.58 bits per heavy atom. The normalized spacial score (nSPS) is 19.3. The minimum atomic E-state index is -0.236. The highest BCUT2D eigenvalue weighted by Gasteiger charge is 2.23. The van der Waals surface area contributed by atoms with Crippen molar-refractivity contribution in [2.45, 2.75) is 19.8 Å². The number of carbonyl (C=O) groups is 2. The van der Waals surface area contributed by atoms with Crippen molar-refractivity contribution in [1.29, 1.82) is 0 Å². The molecule has 2 saturated heterocycles. The van der Waals surface area contributed by atoms with Crippen molar-refractivity contribution in [2.75, 3.05) is 52.5 Å². The summed E-state index contributed by atoms with van der Waals surface area (Å²) in [5.74, 6) is 0.343. The first kappa shape index (κ1) is 18.8. The van der Waals surface area contributed by atoms with E-state index < -0.39 is 0 Å². The van der Waals surface area contributed by atoms with E-state index >= 15 is 0 Å². The van der Waals surface area contributed by atoms with E-state index in [4.69, 9.17) is 4.74 Å². The Hall–Kier alpha value is -1.99. The molecule has 7 heteroatoms. The van der Waals surface area contributed by atoms with Gasteiger partial charge in [-0.2, -0.15) is 0 Å². The zero-order valence-corrected chi connectivity index (χ0v) is 15.4. The molecule has 1 aromatic rings. The summed E-state index contributed by atoms with van der Waals surface area (Å²) in [6, 6.07) is 5.06. The molecule has 2 amide bonds. The van der Waals surface area contributed by atoms with Gasteiger partial charge in [-0.1, -0.05) is 13.0 Å². The minimum absolute atomic E-state index is 0.0835. The van der Waals surface area contributed by atoms with Crippen molar-refractivity contribution in [3.8, 4) is 0 Å². The van der Waals surface area contributed by atoms with Crippen LogP contribution in [-0.4, -0.2) is 79.1 Å². The topological polar surface area (TPSA) is 74.8 Å². The Morgan fingerprint density at radius 1 is 1.15 bits per heavy atom. The van der Waals surface area contributed by atoms with Crippen LogP contribution in [0.2, 0.25) is 0 Å². The van der Waals surface area contributed by atoms with Gasteiger partial charge in [0.2, 0.25) is 0 Å². The van der Waals surface area contributed by atoms with E-state index in [0.717, 1.165) is 58.8 Å². The summed E-state index contributed by atoms with van der Waals surface area (Å²) in [5, 5.41) is 2.89. The van der Waals surface area contributed by atoms with Gasteiger partial charge in [-0.25, -0.2) is 4.98 Å². The Balaban J connectivity index is 1.52. The lowest BCUT2D eigenvalue weighted by Crippen LogP contribution is -2.41. The molecule has 3 heterocycles. The number of carbonyl (C=O) groups excluding carboxylic acids is 2. The molecule has 0 radical (unpaired) electrons. The third-order valence-corrected chi connectivity index (χ3v) is 5.09. The predicted octanol–water partition coefficient (Wildman–Crippen LogP) is 1.02. The molecule has 0 atom stereocenters. The summed E-state index contributed by atoms with van der Waals surface area (Å²) in [6.45, 7) is 8.36. The summed E-state index contributed by atoms with van der Waals surface area (Å²) in [5.41, 5.74) is 0.642. The summed E-state index contributed by atoms with van der Waals surface area (Å²) in [6.07, 6.45) is 2.04. The molecule has 0 bridgehead atoms. The van der Waals surface area contributed by atoms with E-state index in [1.165, 1.54) is 0 Å². The highest BCUT2D eigenvalue weighted by Crippen LogP contribution is 2.17. The van der Waals surface area contributed by atoms with Crippen LogP contribution in [-0.2, 0) is 4.74 Å². The lowest BCUT2D eigenvalue weighted by Gasteiger charge is -2.30. The highest BCUT2D eigenvalue weighted by atomic mass is 16.5. The van der Waals surface area contributed by atoms with Gasteiger partial charge in [-0.15, -0.1) is 0 Å². The van der Waals surface area contributed by atoms with E-state index in [9.17, 15) is 9.59 Å². The van der Waals surface area contributed by atoms with Crippen LogP contribution in [0.1, 0.15) is 40.7 Å². The number of morpholine rings is 1. The van der Waals surface area contributed by atoms with Crippen LogP contribution in [0.4, 0.5) is 0 Å². The fraction of sp³-hybridized carbons (Fsp3) is 0.632. The van der Waals surface area contributed by atoms with Gasteiger partial charge in [0.15, 0.2) is 0 Å². The maximum Gasteiger partial charge on any atom is 0.272 e. The predicted molar refractivity (Wildman–Crippen MR) is 98.1 cm³/mol. The molecule has 2 aliphatic rings. The lowest BCUT2D eigenvalue weighted by atomic mass is 9.99. The van der Waals surface area contributed by atoms with Crippen molar-refractivity contribution < 1.29 is 14.3 Å². The number of likely N-dealkylation sites (tertiary alicyclic amines) is 1. The number of rotatable bonds is 5. The number of piperidine rings is 1. The summed E-state index contributed by atoms with van der Waals surface area (Å²) in [7, 11) is 0. The molecule has 3 rings (SSSR count). The van der Waals surface area contributed by atoms with Crippen molar-refractivity contribution >= 4 is 11.8 Å². The molecule has 1 N–H and O–H groups in total. The number of amides is 2. The number of aromatic nitrogens is 1. The fourth-order valence-corrected chi connectivity index (χ4v) is 3.30. The van der Waals surface area contributed by atoms with Gasteiger partial charge in [-0.3, -0.25) is 14.5 Å². The zero-order valence-electron chi connectivity index (χ0n) is 15.4. The van der Waals surface area contributed by atoms with Crippen LogP contribution in [0.15, 0.2) is 18.2 Å². The van der Waals surface area contributed by atoms with Crippen molar-refractivity contribution in [2.24, 2.45) is 5.92 Å². The first-order valence-corrected chi connectivity index (χ1v) is 9.48. The third-order valence-electron chi connectivity index (χ3n) is 5.09. The average Bonchev–Trinajstić information content (AvgIpc) is 2.69. The molecule has 2 aliphatic heterocycles. The number of nitrogens with zero attached hydrogens (tertiary/aromatic N) is 3. The number of hydrogen-bond acceptors (Lipinski definition) is 5. The van der Waals surface area contributed by atoms with Gasteiger partial charge in [0.25, 0.3) is 11.8 Å². The number of nitrogens with one attached hydrogen (secondary N) is 1. The SMILES string of the molecule is CC1CCN(C(=O)c2cccc(C(=O)NCCN3CCOCC3)n2)CC1. The molecule has 2 fully saturated rings. The molecule has 0 spiro atoms. The van der Waals surface area contributed by atoms with Gasteiger partial charge in [0, 0.05) is 39.3 Å². The van der Waals surface area contributed by atoms with E-state index in [2.05, 4.69) is 22.1 Å². The van der Waals surface area contributed by atoms with E-state index in [0.29, 0.717) is 23.9 Å². The van der Waals surface area contributed by atoms with E-state index in [1.807, 2.05) is 4.90 Å². The van der Waals surface area contributed by atoms with Gasteiger partial charge >= 0.3 is 0 Å². The summed E-state index contributed by atoms with van der Waals surface area (Å²) < 4.78 is 5.31. The molecule has 0 unspecified atom stereocenters. The Labute approximate surface area is 154 Å². The number of ether oxygens (including phenoxy) is 1. The molecule has 0 aromatic carbocycles. The Bertz CT molecular complexity index is 623. The van der Waals surface area contributed by atoms with Crippen LogP contribution < -0.4 is 5.32 Å². The highest BCUT2D eigenvalue weighted by molar-refractivity contribution is 5.96. The van der Waals surface area contributed by atoms with Crippen LogP contribution in [0.3, 0.4) is 0 Å². The molecular weight excluding hydrogens is 332 g/mol. The maximum atomic E-state index is 12.6. The Morgan fingerprint density at radius 2 is 1.85 bits per heavy atom. The van der Waals surface area contributed by atoms with Crippen LogP contribution in [0.5, 0.6) is 0 Å². The number of pyridine rings is 1.